The molecule has 1 aromatic rings. The Bertz CT molecular complexity index is 493. The Balaban J connectivity index is 2.84. The first-order valence-corrected chi connectivity index (χ1v) is 5.77. The molecule has 0 saturated heterocycles. The van der Waals surface area contributed by atoms with E-state index in [1.54, 1.807) is 26.0 Å². The second-order valence-electron chi connectivity index (χ2n) is 4.57. The zero-order chi connectivity index (χ0) is 13.8. The van der Waals surface area contributed by atoms with Crippen LogP contribution in [0.2, 0.25) is 0 Å². The highest BCUT2D eigenvalue weighted by Crippen LogP contribution is 2.22. The quantitative estimate of drug-likeness (QED) is 0.832. The lowest BCUT2D eigenvalue weighted by Gasteiger charge is -2.23. The molecule has 0 amide bonds. The summed E-state index contributed by atoms with van der Waals surface area (Å²) in [5.41, 5.74) is 0.404. The van der Waals surface area contributed by atoms with Gasteiger partial charge in [0.15, 0.2) is 0 Å². The lowest BCUT2D eigenvalue weighted by atomic mass is 9.88. The van der Waals surface area contributed by atoms with E-state index < -0.39 is 11.4 Å². The maximum atomic E-state index is 11.2. The second kappa shape index (κ2) is 5.50. The summed E-state index contributed by atoms with van der Waals surface area (Å²) in [7, 11) is 0. The SMILES string of the molecule is CCC(C)(CNc1cc(C#N)cc(C)n1)C(=O)O. The first-order valence-electron chi connectivity index (χ1n) is 5.77. The number of rotatable bonds is 5. The molecule has 0 radical (unpaired) electrons. The van der Waals surface area contributed by atoms with Gasteiger partial charge >= 0.3 is 5.97 Å². The summed E-state index contributed by atoms with van der Waals surface area (Å²) in [6.07, 6.45) is 0.520. The minimum absolute atomic E-state index is 0.278. The zero-order valence-corrected chi connectivity index (χ0v) is 10.8. The van der Waals surface area contributed by atoms with E-state index in [1.165, 1.54) is 0 Å². The van der Waals surface area contributed by atoms with Crippen molar-refractivity contribution in [3.05, 3.63) is 23.4 Å². The van der Waals surface area contributed by atoms with E-state index >= 15 is 0 Å². The number of nitrogens with zero attached hydrogens (tertiary/aromatic N) is 2. The number of pyridine rings is 1. The third-order valence-corrected chi connectivity index (χ3v) is 3.04. The van der Waals surface area contributed by atoms with Crippen molar-refractivity contribution >= 4 is 11.8 Å². The van der Waals surface area contributed by atoms with Crippen molar-refractivity contribution in [2.45, 2.75) is 27.2 Å². The Hall–Kier alpha value is -2.09. The molecule has 0 aromatic carbocycles. The predicted molar refractivity (Wildman–Crippen MR) is 68.2 cm³/mol. The molecule has 1 aromatic heterocycles. The number of nitrogens with one attached hydrogen (secondary N) is 1. The van der Waals surface area contributed by atoms with Crippen LogP contribution >= 0.6 is 0 Å². The molecule has 0 aliphatic rings. The molecule has 5 heteroatoms. The lowest BCUT2D eigenvalue weighted by molar-refractivity contribution is -0.147. The summed E-state index contributed by atoms with van der Waals surface area (Å²) < 4.78 is 0. The van der Waals surface area contributed by atoms with Crippen LogP contribution in [-0.4, -0.2) is 22.6 Å². The summed E-state index contributed by atoms with van der Waals surface area (Å²) in [4.78, 5) is 15.4. The van der Waals surface area contributed by atoms with E-state index in [9.17, 15) is 4.79 Å². The summed E-state index contributed by atoms with van der Waals surface area (Å²) in [6.45, 7) is 5.59. The number of carboxylic acid groups (broad SMARTS) is 1. The van der Waals surface area contributed by atoms with Crippen LogP contribution < -0.4 is 5.32 Å². The molecule has 1 unspecified atom stereocenters. The summed E-state index contributed by atoms with van der Waals surface area (Å²) >= 11 is 0. The number of anilines is 1. The van der Waals surface area contributed by atoms with Crippen LogP contribution in [0.25, 0.3) is 0 Å². The van der Waals surface area contributed by atoms with E-state index in [4.69, 9.17) is 10.4 Å². The van der Waals surface area contributed by atoms with Gasteiger partial charge in [-0.15, -0.1) is 0 Å². The number of aromatic nitrogens is 1. The Morgan fingerprint density at radius 2 is 2.28 bits per heavy atom. The van der Waals surface area contributed by atoms with Gasteiger partial charge in [0.05, 0.1) is 17.0 Å². The molecule has 0 spiro atoms. The van der Waals surface area contributed by atoms with Crippen molar-refractivity contribution < 1.29 is 9.90 Å². The van der Waals surface area contributed by atoms with Gasteiger partial charge in [-0.25, -0.2) is 4.98 Å². The highest BCUT2D eigenvalue weighted by atomic mass is 16.4. The molecular formula is C13H17N3O2. The van der Waals surface area contributed by atoms with Crippen LogP contribution in [0.5, 0.6) is 0 Å². The van der Waals surface area contributed by atoms with E-state index in [-0.39, 0.29) is 6.54 Å². The molecule has 1 heterocycles. The number of aryl methyl sites for hydroxylation is 1. The van der Waals surface area contributed by atoms with Crippen LogP contribution in [-0.2, 0) is 4.79 Å². The molecule has 0 aliphatic carbocycles. The number of carbonyl (C=O) groups is 1. The topological polar surface area (TPSA) is 86.0 Å². The molecule has 0 saturated carbocycles. The van der Waals surface area contributed by atoms with Gasteiger partial charge in [-0.05, 0) is 32.4 Å². The van der Waals surface area contributed by atoms with Crippen LogP contribution in [0.4, 0.5) is 5.82 Å². The van der Waals surface area contributed by atoms with E-state index in [2.05, 4.69) is 10.3 Å². The molecule has 0 bridgehead atoms. The zero-order valence-electron chi connectivity index (χ0n) is 10.8. The average molecular weight is 247 g/mol. The highest BCUT2D eigenvalue weighted by molar-refractivity contribution is 5.74. The van der Waals surface area contributed by atoms with Gasteiger partial charge in [-0.2, -0.15) is 5.26 Å². The van der Waals surface area contributed by atoms with Crippen LogP contribution in [0.15, 0.2) is 12.1 Å². The number of hydrogen-bond donors (Lipinski definition) is 2. The molecule has 1 rings (SSSR count). The number of hydrogen-bond acceptors (Lipinski definition) is 4. The second-order valence-corrected chi connectivity index (χ2v) is 4.57. The standard InChI is InChI=1S/C13H17N3O2/c1-4-13(3,12(17)18)8-15-11-6-10(7-14)5-9(2)16-11/h5-6H,4,8H2,1-3H3,(H,15,16)(H,17,18). The summed E-state index contributed by atoms with van der Waals surface area (Å²) in [5, 5.41) is 21.0. The van der Waals surface area contributed by atoms with Crippen molar-refractivity contribution in [1.29, 1.82) is 5.26 Å². The lowest BCUT2D eigenvalue weighted by Crippen LogP contribution is -2.34. The first kappa shape index (κ1) is 14.0. The maximum Gasteiger partial charge on any atom is 0.311 e. The Kier molecular flexibility index (Phi) is 4.27. The van der Waals surface area contributed by atoms with Gasteiger partial charge in [-0.1, -0.05) is 6.92 Å². The monoisotopic (exact) mass is 247 g/mol. The fourth-order valence-corrected chi connectivity index (χ4v) is 1.46. The molecule has 2 N–H and O–H groups in total. The van der Waals surface area contributed by atoms with Crippen molar-refractivity contribution in [2.75, 3.05) is 11.9 Å². The van der Waals surface area contributed by atoms with Gasteiger partial charge in [-0.3, -0.25) is 4.79 Å². The van der Waals surface area contributed by atoms with Crippen LogP contribution in [0.1, 0.15) is 31.5 Å². The van der Waals surface area contributed by atoms with E-state index in [1.807, 2.05) is 13.0 Å². The predicted octanol–water partition coefficient (Wildman–Crippen LogP) is 2.17. The van der Waals surface area contributed by atoms with Gasteiger partial charge in [0.2, 0.25) is 0 Å². The Morgan fingerprint density at radius 1 is 1.61 bits per heavy atom. The molecule has 5 nitrogen and oxygen atoms in total. The average Bonchev–Trinajstić information content (AvgIpc) is 2.35. The summed E-state index contributed by atoms with van der Waals surface area (Å²) in [6, 6.07) is 5.34. The molecule has 1 atom stereocenters. The van der Waals surface area contributed by atoms with Gasteiger partial charge in [0, 0.05) is 12.2 Å². The fourth-order valence-electron chi connectivity index (χ4n) is 1.46. The third kappa shape index (κ3) is 3.20. The normalized spacial score (nSPS) is 13.4. The Morgan fingerprint density at radius 3 is 2.78 bits per heavy atom. The molecule has 96 valence electrons. The minimum atomic E-state index is -0.842. The maximum absolute atomic E-state index is 11.2. The van der Waals surface area contributed by atoms with E-state index in [0.29, 0.717) is 17.8 Å². The smallest absolute Gasteiger partial charge is 0.311 e. The van der Waals surface area contributed by atoms with Crippen molar-refractivity contribution in [2.24, 2.45) is 5.41 Å². The van der Waals surface area contributed by atoms with Gasteiger partial charge < -0.3 is 10.4 Å². The Labute approximate surface area is 106 Å². The highest BCUT2D eigenvalue weighted by Gasteiger charge is 2.30. The number of carboxylic acids is 1. The van der Waals surface area contributed by atoms with Crippen molar-refractivity contribution in [3.8, 4) is 6.07 Å². The van der Waals surface area contributed by atoms with Crippen molar-refractivity contribution in [1.82, 2.24) is 4.98 Å². The molecule has 0 aliphatic heterocycles. The number of nitriles is 1. The fraction of sp³-hybridized carbons (Fsp3) is 0.462. The number of aliphatic carboxylic acids is 1. The van der Waals surface area contributed by atoms with E-state index in [0.717, 1.165) is 5.69 Å². The van der Waals surface area contributed by atoms with Gasteiger partial charge in [0.25, 0.3) is 0 Å². The third-order valence-electron chi connectivity index (χ3n) is 3.04. The minimum Gasteiger partial charge on any atom is -0.481 e. The largest absolute Gasteiger partial charge is 0.481 e. The van der Waals surface area contributed by atoms with Crippen LogP contribution in [0, 0.1) is 23.7 Å². The molecular weight excluding hydrogens is 230 g/mol. The first-order chi connectivity index (χ1) is 8.41. The summed E-state index contributed by atoms with van der Waals surface area (Å²) in [5.74, 6) is -0.307. The van der Waals surface area contributed by atoms with Crippen LogP contribution in [0.3, 0.4) is 0 Å². The van der Waals surface area contributed by atoms with Crippen molar-refractivity contribution in [3.63, 3.8) is 0 Å². The van der Waals surface area contributed by atoms with Gasteiger partial charge in [0.1, 0.15) is 5.82 Å². The molecule has 0 fully saturated rings. The molecule has 18 heavy (non-hydrogen) atoms.